The van der Waals surface area contributed by atoms with Crippen LogP contribution in [-0.4, -0.2) is 9.38 Å². The molecule has 0 aliphatic rings. The number of fused-ring (bicyclic) bond motifs is 1. The fourth-order valence-corrected chi connectivity index (χ4v) is 2.91. The Hall–Kier alpha value is -1.73. The van der Waals surface area contributed by atoms with E-state index in [1.54, 1.807) is 11.6 Å². The molecule has 2 heterocycles. The van der Waals surface area contributed by atoms with E-state index in [0.29, 0.717) is 20.9 Å². The second-order valence-corrected chi connectivity index (χ2v) is 5.73. The van der Waals surface area contributed by atoms with Crippen LogP contribution in [0.15, 0.2) is 45.1 Å². The lowest BCUT2D eigenvalue weighted by molar-refractivity contribution is 0.299. The fraction of sp³-hybridized carbons (Fsp3) is 0.0769. The van der Waals surface area contributed by atoms with Crippen LogP contribution in [0.4, 0.5) is 4.39 Å². The van der Waals surface area contributed by atoms with Crippen molar-refractivity contribution in [2.45, 2.75) is 6.61 Å². The number of aromatic nitrogens is 2. The van der Waals surface area contributed by atoms with Gasteiger partial charge in [0.15, 0.2) is 4.96 Å². The quantitative estimate of drug-likeness (QED) is 0.725. The second-order valence-electron chi connectivity index (χ2n) is 4.00. The van der Waals surface area contributed by atoms with Gasteiger partial charge in [-0.1, -0.05) is 0 Å². The number of rotatable bonds is 3. The molecule has 1 aromatic carbocycles. The van der Waals surface area contributed by atoms with Crippen molar-refractivity contribution in [1.29, 1.82) is 0 Å². The van der Waals surface area contributed by atoms with E-state index in [0.717, 1.165) is 0 Å². The molecule has 4 nitrogen and oxygen atoms in total. The molecule has 0 saturated heterocycles. The van der Waals surface area contributed by atoms with Crippen LogP contribution in [0.3, 0.4) is 0 Å². The summed E-state index contributed by atoms with van der Waals surface area (Å²) in [5, 5.41) is 1.80. The second kappa shape index (κ2) is 5.34. The summed E-state index contributed by atoms with van der Waals surface area (Å²) < 4.78 is 20.5. The highest BCUT2D eigenvalue weighted by molar-refractivity contribution is 9.10. The highest BCUT2D eigenvalue weighted by atomic mass is 79.9. The summed E-state index contributed by atoms with van der Waals surface area (Å²) in [5.41, 5.74) is 0.390. The first-order chi connectivity index (χ1) is 9.63. The van der Waals surface area contributed by atoms with Crippen molar-refractivity contribution in [3.63, 3.8) is 0 Å². The van der Waals surface area contributed by atoms with Crippen LogP contribution < -0.4 is 10.3 Å². The lowest BCUT2D eigenvalue weighted by Crippen LogP contribution is -2.14. The van der Waals surface area contributed by atoms with Gasteiger partial charge in [-0.15, -0.1) is 11.3 Å². The molecule has 0 saturated carbocycles. The summed E-state index contributed by atoms with van der Waals surface area (Å²) in [6.07, 6.45) is 1.68. The van der Waals surface area contributed by atoms with Gasteiger partial charge >= 0.3 is 0 Å². The molecule has 0 N–H and O–H groups in total. The van der Waals surface area contributed by atoms with Gasteiger partial charge in [0.2, 0.25) is 0 Å². The molecule has 0 unspecified atom stereocenters. The Morgan fingerprint density at radius 1 is 1.40 bits per heavy atom. The molecule has 20 heavy (non-hydrogen) atoms. The van der Waals surface area contributed by atoms with E-state index >= 15 is 0 Å². The third-order valence-electron chi connectivity index (χ3n) is 2.63. The van der Waals surface area contributed by atoms with E-state index in [-0.39, 0.29) is 18.0 Å². The van der Waals surface area contributed by atoms with E-state index < -0.39 is 0 Å². The third-order valence-corrected chi connectivity index (χ3v) is 4.00. The van der Waals surface area contributed by atoms with Crippen molar-refractivity contribution in [2.24, 2.45) is 0 Å². The highest BCUT2D eigenvalue weighted by Crippen LogP contribution is 2.26. The molecule has 7 heteroatoms. The molecular formula is C13H8BrFN2O2S. The SMILES string of the molecule is O=c1cc(COc2ccc(F)cc2Br)nc2sccn12. The number of hydrogen-bond acceptors (Lipinski definition) is 4. The largest absolute Gasteiger partial charge is 0.486 e. The molecule has 0 aliphatic heterocycles. The first-order valence-electron chi connectivity index (χ1n) is 5.67. The molecule has 0 bridgehead atoms. The minimum Gasteiger partial charge on any atom is -0.486 e. The maximum Gasteiger partial charge on any atom is 0.258 e. The van der Waals surface area contributed by atoms with Crippen LogP contribution in [0, 0.1) is 5.82 Å². The van der Waals surface area contributed by atoms with E-state index in [2.05, 4.69) is 20.9 Å². The van der Waals surface area contributed by atoms with Crippen LogP contribution in [0.2, 0.25) is 0 Å². The Bertz CT molecular complexity index is 831. The minimum absolute atomic E-state index is 0.145. The lowest BCUT2D eigenvalue weighted by Gasteiger charge is -2.07. The van der Waals surface area contributed by atoms with Gasteiger partial charge in [-0.05, 0) is 34.1 Å². The van der Waals surface area contributed by atoms with Crippen LogP contribution in [-0.2, 0) is 6.61 Å². The Morgan fingerprint density at radius 2 is 2.25 bits per heavy atom. The van der Waals surface area contributed by atoms with Crippen LogP contribution in [0.1, 0.15) is 5.69 Å². The first kappa shape index (κ1) is 13.3. The zero-order valence-electron chi connectivity index (χ0n) is 10.0. The van der Waals surface area contributed by atoms with Crippen molar-refractivity contribution in [3.8, 4) is 5.75 Å². The van der Waals surface area contributed by atoms with Gasteiger partial charge in [0.25, 0.3) is 5.56 Å². The molecule has 0 radical (unpaired) electrons. The van der Waals surface area contributed by atoms with Crippen molar-refractivity contribution < 1.29 is 9.13 Å². The number of thiazole rings is 1. The summed E-state index contributed by atoms with van der Waals surface area (Å²) >= 11 is 4.60. The molecule has 2 aromatic heterocycles. The number of halogens is 2. The Balaban J connectivity index is 1.84. The Morgan fingerprint density at radius 3 is 3.05 bits per heavy atom. The number of hydrogen-bond donors (Lipinski definition) is 0. The third kappa shape index (κ3) is 2.59. The zero-order chi connectivity index (χ0) is 14.1. The predicted octanol–water partition coefficient (Wildman–Crippen LogP) is 3.24. The van der Waals surface area contributed by atoms with Gasteiger partial charge in [0, 0.05) is 17.6 Å². The molecule has 0 amide bonds. The van der Waals surface area contributed by atoms with Crippen LogP contribution in [0.5, 0.6) is 5.75 Å². The predicted molar refractivity (Wildman–Crippen MR) is 77.8 cm³/mol. The van der Waals surface area contributed by atoms with E-state index in [4.69, 9.17) is 4.74 Å². The molecule has 0 aliphatic carbocycles. The van der Waals surface area contributed by atoms with Gasteiger partial charge < -0.3 is 4.74 Å². The van der Waals surface area contributed by atoms with E-state index in [1.807, 2.05) is 0 Å². The van der Waals surface area contributed by atoms with Gasteiger partial charge in [-0.2, -0.15) is 0 Å². The summed E-state index contributed by atoms with van der Waals surface area (Å²) in [5.74, 6) is 0.153. The summed E-state index contributed by atoms with van der Waals surface area (Å²) in [6, 6.07) is 5.58. The molecule has 0 spiro atoms. The minimum atomic E-state index is -0.347. The van der Waals surface area contributed by atoms with Gasteiger partial charge in [0.1, 0.15) is 18.2 Å². The average Bonchev–Trinajstić information content (AvgIpc) is 2.86. The first-order valence-corrected chi connectivity index (χ1v) is 7.34. The zero-order valence-corrected chi connectivity index (χ0v) is 12.4. The number of nitrogens with zero attached hydrogens (tertiary/aromatic N) is 2. The van der Waals surface area contributed by atoms with E-state index in [9.17, 15) is 9.18 Å². The number of ether oxygens (including phenoxy) is 1. The topological polar surface area (TPSA) is 43.6 Å². The van der Waals surface area contributed by atoms with Crippen molar-refractivity contribution in [1.82, 2.24) is 9.38 Å². The lowest BCUT2D eigenvalue weighted by atomic mass is 10.3. The summed E-state index contributed by atoms with van der Waals surface area (Å²) in [6.45, 7) is 0.147. The van der Waals surface area contributed by atoms with Crippen molar-refractivity contribution in [2.75, 3.05) is 0 Å². The highest BCUT2D eigenvalue weighted by Gasteiger charge is 2.06. The smallest absolute Gasteiger partial charge is 0.258 e. The van der Waals surface area contributed by atoms with Crippen LogP contribution >= 0.6 is 27.3 Å². The maximum absolute atomic E-state index is 13.0. The molecule has 0 atom stereocenters. The molecule has 3 aromatic rings. The maximum atomic E-state index is 13.0. The normalized spacial score (nSPS) is 10.9. The van der Waals surface area contributed by atoms with Gasteiger partial charge in [-0.3, -0.25) is 9.20 Å². The van der Waals surface area contributed by atoms with Crippen molar-refractivity contribution in [3.05, 3.63) is 62.2 Å². The van der Waals surface area contributed by atoms with Gasteiger partial charge in [0.05, 0.1) is 10.2 Å². The van der Waals surface area contributed by atoms with E-state index in [1.165, 1.54) is 40.0 Å². The molecule has 102 valence electrons. The summed E-state index contributed by atoms with van der Waals surface area (Å²) in [4.78, 5) is 16.7. The fourth-order valence-electron chi connectivity index (χ4n) is 1.71. The molecule has 0 fully saturated rings. The summed E-state index contributed by atoms with van der Waals surface area (Å²) in [7, 11) is 0. The number of benzene rings is 1. The van der Waals surface area contributed by atoms with Crippen LogP contribution in [0.25, 0.3) is 4.96 Å². The Labute approximate surface area is 125 Å². The Kier molecular flexibility index (Phi) is 3.54. The molecule has 3 rings (SSSR count). The van der Waals surface area contributed by atoms with Gasteiger partial charge in [-0.25, -0.2) is 9.37 Å². The molecular weight excluding hydrogens is 347 g/mol. The van der Waals surface area contributed by atoms with Crippen molar-refractivity contribution >= 4 is 32.2 Å². The average molecular weight is 355 g/mol. The monoisotopic (exact) mass is 354 g/mol. The standard InChI is InChI=1S/C13H8BrFN2O2S/c14-10-5-8(15)1-2-11(10)19-7-9-6-12(18)17-3-4-20-13(17)16-9/h1-6H,7H2.